The smallest absolute Gasteiger partial charge is 0.315 e. The lowest BCUT2D eigenvalue weighted by Crippen LogP contribution is -2.36. The molecule has 0 radical (unpaired) electrons. The lowest BCUT2D eigenvalue weighted by atomic mass is 10.0. The van der Waals surface area contributed by atoms with Gasteiger partial charge in [0.2, 0.25) is 5.91 Å². The molecule has 0 aliphatic carbocycles. The number of nitrogens with one attached hydrogen (secondary N) is 3. The zero-order valence-electron chi connectivity index (χ0n) is 18.6. The van der Waals surface area contributed by atoms with E-state index in [1.165, 1.54) is 0 Å². The number of nitrogens with zero attached hydrogens (tertiary/aromatic N) is 2. The van der Waals surface area contributed by atoms with Crippen LogP contribution in [0, 0.1) is 5.92 Å². The number of benzene rings is 1. The van der Waals surface area contributed by atoms with Crippen molar-refractivity contribution in [2.45, 2.75) is 69.8 Å². The lowest BCUT2D eigenvalue weighted by molar-refractivity contribution is -0.116. The number of thioether (sulfide) groups is 1. The summed E-state index contributed by atoms with van der Waals surface area (Å²) in [5.74, 6) is 1.40. The molecule has 9 heteroatoms. The fraction of sp³-hybridized carbons (Fsp3) is 0.565. The van der Waals surface area contributed by atoms with Gasteiger partial charge in [-0.3, -0.25) is 14.2 Å². The number of urea groups is 1. The van der Waals surface area contributed by atoms with E-state index in [0.29, 0.717) is 40.7 Å². The van der Waals surface area contributed by atoms with Crippen molar-refractivity contribution >= 4 is 40.3 Å². The van der Waals surface area contributed by atoms with Gasteiger partial charge in [-0.15, -0.1) is 0 Å². The maximum Gasteiger partial charge on any atom is 0.315 e. The molecular weight excluding hydrogens is 426 g/mol. The van der Waals surface area contributed by atoms with Crippen LogP contribution in [0.4, 0.5) is 10.5 Å². The topological polar surface area (TPSA) is 105 Å². The van der Waals surface area contributed by atoms with Gasteiger partial charge in [-0.1, -0.05) is 20.3 Å². The van der Waals surface area contributed by atoms with Crippen molar-refractivity contribution in [1.29, 1.82) is 0 Å². The molecule has 8 nitrogen and oxygen atoms in total. The van der Waals surface area contributed by atoms with Crippen LogP contribution >= 0.6 is 11.8 Å². The molecule has 2 aliphatic rings. The molecule has 2 saturated heterocycles. The van der Waals surface area contributed by atoms with Gasteiger partial charge < -0.3 is 16.0 Å². The molecule has 0 saturated carbocycles. The molecule has 172 valence electrons. The number of hydrogen-bond acceptors (Lipinski definition) is 5. The number of carbonyl (C=O) groups is 2. The van der Waals surface area contributed by atoms with Crippen LogP contribution in [-0.2, 0) is 11.3 Å². The number of aryl methyl sites for hydroxylation is 1. The van der Waals surface area contributed by atoms with Gasteiger partial charge in [-0.25, -0.2) is 9.78 Å². The van der Waals surface area contributed by atoms with Gasteiger partial charge >= 0.3 is 6.03 Å². The largest absolute Gasteiger partial charge is 0.332 e. The Balaban J connectivity index is 1.28. The van der Waals surface area contributed by atoms with Crippen molar-refractivity contribution in [3.05, 3.63) is 34.9 Å². The molecule has 0 spiro atoms. The maximum atomic E-state index is 12.8. The standard InChI is InChI=1S/C23H31N5O3S/c1-14(2)9-10-28-13-24-17-8-7-15(11-16(17)22(28)30)25-20(29)6-4-3-5-19-21-18(12-32-19)26-23(31)27-21/h7-8,11,13-14,18-19,21H,3-6,9-10,12H2,1-2H3,(H,25,29)(H2,26,27,31). The Bertz CT molecular complexity index is 1050. The monoisotopic (exact) mass is 457 g/mol. The first-order valence-corrected chi connectivity index (χ1v) is 12.4. The van der Waals surface area contributed by atoms with Crippen molar-refractivity contribution < 1.29 is 9.59 Å². The predicted molar refractivity (Wildman–Crippen MR) is 128 cm³/mol. The van der Waals surface area contributed by atoms with Crippen LogP contribution in [0.3, 0.4) is 0 Å². The first-order chi connectivity index (χ1) is 15.4. The van der Waals surface area contributed by atoms with E-state index >= 15 is 0 Å². The first kappa shape index (κ1) is 22.6. The molecule has 1 aromatic heterocycles. The Morgan fingerprint density at radius 3 is 2.94 bits per heavy atom. The molecule has 32 heavy (non-hydrogen) atoms. The van der Waals surface area contributed by atoms with Crippen molar-refractivity contribution in [1.82, 2.24) is 20.2 Å². The summed E-state index contributed by atoms with van der Waals surface area (Å²) in [5, 5.41) is 9.80. The Labute approximate surface area is 191 Å². The highest BCUT2D eigenvalue weighted by molar-refractivity contribution is 8.00. The summed E-state index contributed by atoms with van der Waals surface area (Å²) in [7, 11) is 0. The third-order valence-corrected chi connectivity index (χ3v) is 7.64. The normalized spacial score (nSPS) is 22.1. The summed E-state index contributed by atoms with van der Waals surface area (Å²) in [4.78, 5) is 41.1. The van der Waals surface area contributed by atoms with E-state index in [0.717, 1.165) is 31.4 Å². The summed E-state index contributed by atoms with van der Waals surface area (Å²) in [6, 6.07) is 5.66. The Morgan fingerprint density at radius 1 is 1.28 bits per heavy atom. The van der Waals surface area contributed by atoms with Gasteiger partial charge in [0.15, 0.2) is 0 Å². The van der Waals surface area contributed by atoms with Crippen LogP contribution < -0.4 is 21.5 Å². The highest BCUT2D eigenvalue weighted by Gasteiger charge is 2.42. The van der Waals surface area contributed by atoms with Crippen molar-refractivity contribution in [2.24, 2.45) is 5.92 Å². The molecule has 4 rings (SSSR count). The quantitative estimate of drug-likeness (QED) is 0.396. The number of carbonyl (C=O) groups excluding carboxylic acids is 2. The molecule has 2 aromatic rings. The average Bonchev–Trinajstić information content (AvgIpc) is 3.30. The summed E-state index contributed by atoms with van der Waals surface area (Å²) in [6.45, 7) is 4.89. The molecule has 3 amide bonds. The van der Waals surface area contributed by atoms with Gasteiger partial charge in [-0.05, 0) is 43.4 Å². The van der Waals surface area contributed by atoms with E-state index in [1.54, 1.807) is 29.1 Å². The number of hydrogen-bond donors (Lipinski definition) is 3. The van der Waals surface area contributed by atoms with Gasteiger partial charge in [-0.2, -0.15) is 11.8 Å². The lowest BCUT2D eigenvalue weighted by Gasteiger charge is -2.16. The molecular formula is C23H31N5O3S. The van der Waals surface area contributed by atoms with Crippen LogP contribution in [0.1, 0.15) is 46.0 Å². The minimum Gasteiger partial charge on any atom is -0.332 e. The van der Waals surface area contributed by atoms with E-state index in [9.17, 15) is 14.4 Å². The van der Waals surface area contributed by atoms with Gasteiger partial charge in [0, 0.05) is 29.7 Å². The molecule has 1 aromatic carbocycles. The van der Waals surface area contributed by atoms with Crippen LogP contribution in [-0.4, -0.2) is 44.6 Å². The summed E-state index contributed by atoms with van der Waals surface area (Å²) in [6.07, 6.45) is 5.65. The van der Waals surface area contributed by atoms with Crippen LogP contribution in [0.15, 0.2) is 29.3 Å². The van der Waals surface area contributed by atoms with Crippen molar-refractivity contribution in [3.63, 3.8) is 0 Å². The zero-order valence-corrected chi connectivity index (χ0v) is 19.4. The molecule has 3 heterocycles. The Kier molecular flexibility index (Phi) is 7.03. The highest BCUT2D eigenvalue weighted by Crippen LogP contribution is 2.33. The molecule has 3 N–H and O–H groups in total. The van der Waals surface area contributed by atoms with E-state index in [4.69, 9.17) is 0 Å². The number of unbranched alkanes of at least 4 members (excludes halogenated alkanes) is 1. The second-order valence-electron chi connectivity index (χ2n) is 9.07. The Hall–Kier alpha value is -2.55. The number of aromatic nitrogens is 2. The molecule has 3 atom stereocenters. The molecule has 0 bridgehead atoms. The minimum absolute atomic E-state index is 0.0545. The zero-order chi connectivity index (χ0) is 22.7. The van der Waals surface area contributed by atoms with E-state index in [2.05, 4.69) is 34.8 Å². The highest BCUT2D eigenvalue weighted by atomic mass is 32.2. The minimum atomic E-state index is -0.0763. The van der Waals surface area contributed by atoms with Gasteiger partial charge in [0.1, 0.15) is 0 Å². The van der Waals surface area contributed by atoms with Crippen LogP contribution in [0.5, 0.6) is 0 Å². The summed E-state index contributed by atoms with van der Waals surface area (Å²) in [5.41, 5.74) is 1.18. The molecule has 2 aliphatic heterocycles. The average molecular weight is 458 g/mol. The van der Waals surface area contributed by atoms with Crippen LogP contribution in [0.25, 0.3) is 10.9 Å². The maximum absolute atomic E-state index is 12.8. The second kappa shape index (κ2) is 9.94. The molecule has 3 unspecified atom stereocenters. The fourth-order valence-corrected chi connectivity index (χ4v) is 5.83. The summed E-state index contributed by atoms with van der Waals surface area (Å²) < 4.78 is 1.64. The number of amides is 3. The predicted octanol–water partition coefficient (Wildman–Crippen LogP) is 3.11. The van der Waals surface area contributed by atoms with E-state index in [-0.39, 0.29) is 29.6 Å². The second-order valence-corrected chi connectivity index (χ2v) is 10.3. The first-order valence-electron chi connectivity index (χ1n) is 11.4. The van der Waals surface area contributed by atoms with Crippen molar-refractivity contribution in [3.8, 4) is 0 Å². The van der Waals surface area contributed by atoms with E-state index < -0.39 is 0 Å². The molecule has 2 fully saturated rings. The van der Waals surface area contributed by atoms with Crippen molar-refractivity contribution in [2.75, 3.05) is 11.1 Å². The third-order valence-electron chi connectivity index (χ3n) is 6.14. The van der Waals surface area contributed by atoms with Gasteiger partial charge in [0.05, 0.1) is 29.3 Å². The number of anilines is 1. The Morgan fingerprint density at radius 2 is 2.12 bits per heavy atom. The van der Waals surface area contributed by atoms with Gasteiger partial charge in [0.25, 0.3) is 5.56 Å². The van der Waals surface area contributed by atoms with Crippen LogP contribution in [0.2, 0.25) is 0 Å². The van der Waals surface area contributed by atoms with E-state index in [1.807, 2.05) is 11.8 Å². The SMILES string of the molecule is CC(C)CCn1cnc2ccc(NC(=O)CCCCC3SCC4NC(=O)NC43)cc2c1=O. The fourth-order valence-electron chi connectivity index (χ4n) is 4.29. The third kappa shape index (κ3) is 5.26. The summed E-state index contributed by atoms with van der Waals surface area (Å²) >= 11 is 1.89. The number of rotatable bonds is 9. The number of fused-ring (bicyclic) bond motifs is 2.